The maximum atomic E-state index is 13.3. The zero-order valence-electron chi connectivity index (χ0n) is 15.1. The van der Waals surface area contributed by atoms with E-state index in [1.807, 2.05) is 58.0 Å². The summed E-state index contributed by atoms with van der Waals surface area (Å²) in [5.74, 6) is 0.779. The van der Waals surface area contributed by atoms with Crippen LogP contribution in [0.1, 0.15) is 19.3 Å². The highest BCUT2D eigenvalue weighted by Gasteiger charge is 2.31. The average molecular weight is 357 g/mol. The smallest absolute Gasteiger partial charge is 0.309 e. The highest BCUT2D eigenvalue weighted by atomic mass is 16.2. The SMILES string of the molecule is O=C(N1CCCCC1)n1nc(-c2ccccc2)[n+]2ccc3ccccc3c12. The number of carbonyl (C=O) groups excluding carboxylic acids is 1. The first-order chi connectivity index (χ1) is 13.3. The van der Waals surface area contributed by atoms with Crippen LogP contribution in [0.4, 0.5) is 4.79 Å². The minimum atomic E-state index is -0.0364. The summed E-state index contributed by atoms with van der Waals surface area (Å²) in [6.07, 6.45) is 5.32. The normalized spacial score (nSPS) is 14.7. The third-order valence-corrected chi connectivity index (χ3v) is 5.30. The fraction of sp³-hybridized carbons (Fsp3) is 0.227. The lowest BCUT2D eigenvalue weighted by atomic mass is 10.1. The Kier molecular flexibility index (Phi) is 3.85. The van der Waals surface area contributed by atoms with E-state index in [9.17, 15) is 4.79 Å². The molecule has 1 aliphatic rings. The molecule has 0 saturated carbocycles. The number of benzene rings is 2. The topological polar surface area (TPSA) is 42.2 Å². The van der Waals surface area contributed by atoms with E-state index in [-0.39, 0.29) is 6.03 Å². The molecule has 4 aromatic rings. The van der Waals surface area contributed by atoms with Crippen molar-refractivity contribution < 1.29 is 9.20 Å². The summed E-state index contributed by atoms with van der Waals surface area (Å²) in [5.41, 5.74) is 1.82. The van der Waals surface area contributed by atoms with E-state index in [1.54, 1.807) is 4.68 Å². The summed E-state index contributed by atoms with van der Waals surface area (Å²) in [6, 6.07) is 20.2. The van der Waals surface area contributed by atoms with Gasteiger partial charge in [0.2, 0.25) is 0 Å². The first-order valence-corrected chi connectivity index (χ1v) is 9.50. The first-order valence-electron chi connectivity index (χ1n) is 9.50. The predicted molar refractivity (Wildman–Crippen MR) is 105 cm³/mol. The molecule has 0 N–H and O–H groups in total. The number of likely N-dealkylation sites (tertiary alicyclic amines) is 1. The molecular weight excluding hydrogens is 336 g/mol. The lowest BCUT2D eigenvalue weighted by Crippen LogP contribution is -2.39. The molecule has 134 valence electrons. The van der Waals surface area contributed by atoms with Crippen LogP contribution in [0.2, 0.25) is 0 Å². The molecule has 1 fully saturated rings. The van der Waals surface area contributed by atoms with Crippen LogP contribution in [0, 0.1) is 0 Å². The van der Waals surface area contributed by atoms with Crippen molar-refractivity contribution in [3.8, 4) is 11.4 Å². The summed E-state index contributed by atoms with van der Waals surface area (Å²) >= 11 is 0. The summed E-state index contributed by atoms with van der Waals surface area (Å²) in [7, 11) is 0. The third-order valence-electron chi connectivity index (χ3n) is 5.30. The molecule has 5 rings (SSSR count). The van der Waals surface area contributed by atoms with Gasteiger partial charge >= 0.3 is 11.9 Å². The number of nitrogens with zero attached hydrogens (tertiary/aromatic N) is 4. The molecule has 0 bridgehead atoms. The number of piperidine rings is 1. The summed E-state index contributed by atoms with van der Waals surface area (Å²) < 4.78 is 3.62. The van der Waals surface area contributed by atoms with E-state index < -0.39 is 0 Å². The number of rotatable bonds is 1. The monoisotopic (exact) mass is 357 g/mol. The number of carbonyl (C=O) groups is 1. The van der Waals surface area contributed by atoms with Gasteiger partial charge in [-0.05, 0) is 53.6 Å². The van der Waals surface area contributed by atoms with Gasteiger partial charge in [0.25, 0.3) is 5.65 Å². The number of amides is 1. The standard InChI is InChI=1S/C22H21N4O/c27-22(24-14-7-2-8-15-24)26-21-19-12-6-5-9-17(19)13-16-25(21)20(23-26)18-10-3-1-4-11-18/h1,3-6,9-13,16H,2,7-8,14-15H2/q+1. The van der Waals surface area contributed by atoms with E-state index in [0.29, 0.717) is 0 Å². The molecule has 2 aromatic heterocycles. The highest BCUT2D eigenvalue weighted by Crippen LogP contribution is 2.22. The molecule has 5 nitrogen and oxygen atoms in total. The Hall–Kier alpha value is -3.21. The zero-order valence-corrected chi connectivity index (χ0v) is 15.1. The Bertz CT molecular complexity index is 1130. The van der Waals surface area contributed by atoms with Gasteiger partial charge in [-0.15, -0.1) is 0 Å². The van der Waals surface area contributed by atoms with Gasteiger partial charge in [0, 0.05) is 13.1 Å². The van der Waals surface area contributed by atoms with Crippen LogP contribution in [-0.2, 0) is 0 Å². The Morgan fingerprint density at radius 3 is 2.44 bits per heavy atom. The second-order valence-electron chi connectivity index (χ2n) is 7.03. The van der Waals surface area contributed by atoms with Gasteiger partial charge in [-0.1, -0.05) is 36.4 Å². The first kappa shape index (κ1) is 16.0. The van der Waals surface area contributed by atoms with Gasteiger partial charge in [-0.3, -0.25) is 0 Å². The average Bonchev–Trinajstić information content (AvgIpc) is 3.15. The molecule has 1 saturated heterocycles. The van der Waals surface area contributed by atoms with Crippen molar-refractivity contribution in [1.29, 1.82) is 0 Å². The Morgan fingerprint density at radius 1 is 0.889 bits per heavy atom. The van der Waals surface area contributed by atoms with Crippen LogP contribution >= 0.6 is 0 Å². The number of fused-ring (bicyclic) bond motifs is 3. The van der Waals surface area contributed by atoms with Crippen LogP contribution < -0.4 is 4.40 Å². The van der Waals surface area contributed by atoms with Crippen molar-refractivity contribution in [2.24, 2.45) is 0 Å². The number of hydrogen-bond acceptors (Lipinski definition) is 2. The van der Waals surface area contributed by atoms with E-state index in [4.69, 9.17) is 5.10 Å². The van der Waals surface area contributed by atoms with E-state index >= 15 is 0 Å². The molecule has 1 amide bonds. The van der Waals surface area contributed by atoms with Crippen molar-refractivity contribution >= 4 is 22.5 Å². The van der Waals surface area contributed by atoms with Gasteiger partial charge in [0.15, 0.2) is 0 Å². The predicted octanol–water partition coefficient (Wildman–Crippen LogP) is 3.90. The highest BCUT2D eigenvalue weighted by molar-refractivity contribution is 5.96. The van der Waals surface area contributed by atoms with E-state index in [1.165, 1.54) is 6.42 Å². The summed E-state index contributed by atoms with van der Waals surface area (Å²) in [5, 5.41) is 6.90. The van der Waals surface area contributed by atoms with Crippen molar-refractivity contribution in [3.63, 3.8) is 0 Å². The number of pyridine rings is 1. The molecule has 0 atom stereocenters. The Labute approximate surface area is 157 Å². The molecule has 0 radical (unpaired) electrons. The number of aromatic nitrogens is 3. The molecule has 0 aliphatic carbocycles. The Morgan fingerprint density at radius 2 is 1.63 bits per heavy atom. The van der Waals surface area contributed by atoms with Crippen molar-refractivity contribution in [2.75, 3.05) is 13.1 Å². The van der Waals surface area contributed by atoms with Crippen molar-refractivity contribution in [1.82, 2.24) is 14.7 Å². The molecule has 5 heteroatoms. The maximum Gasteiger partial charge on any atom is 0.419 e. The quantitative estimate of drug-likeness (QED) is 0.485. The van der Waals surface area contributed by atoms with Crippen LogP contribution in [0.25, 0.3) is 27.8 Å². The second-order valence-corrected chi connectivity index (χ2v) is 7.03. The fourth-order valence-electron chi connectivity index (χ4n) is 3.92. The van der Waals surface area contributed by atoms with E-state index in [0.717, 1.165) is 53.7 Å². The maximum absolute atomic E-state index is 13.3. The fourth-order valence-corrected chi connectivity index (χ4v) is 3.92. The molecule has 1 aliphatic heterocycles. The van der Waals surface area contributed by atoms with E-state index in [2.05, 4.69) is 18.2 Å². The van der Waals surface area contributed by atoms with Crippen molar-refractivity contribution in [2.45, 2.75) is 19.3 Å². The number of hydrogen-bond donors (Lipinski definition) is 0. The molecule has 0 spiro atoms. The molecule has 3 heterocycles. The minimum Gasteiger partial charge on any atom is -0.309 e. The lowest BCUT2D eigenvalue weighted by Gasteiger charge is -2.23. The van der Waals surface area contributed by atoms with Gasteiger partial charge in [-0.25, -0.2) is 4.79 Å². The molecule has 27 heavy (non-hydrogen) atoms. The summed E-state index contributed by atoms with van der Waals surface area (Å²) in [4.78, 5) is 15.2. The van der Waals surface area contributed by atoms with Gasteiger partial charge < -0.3 is 4.90 Å². The van der Waals surface area contributed by atoms with Crippen LogP contribution in [-0.4, -0.2) is 33.8 Å². The van der Waals surface area contributed by atoms with Crippen molar-refractivity contribution in [3.05, 3.63) is 66.9 Å². The van der Waals surface area contributed by atoms with Gasteiger partial charge in [-0.2, -0.15) is 4.40 Å². The lowest BCUT2D eigenvalue weighted by molar-refractivity contribution is -0.498. The van der Waals surface area contributed by atoms with Gasteiger partial charge in [0.1, 0.15) is 0 Å². The molecule has 0 unspecified atom stereocenters. The summed E-state index contributed by atoms with van der Waals surface area (Å²) in [6.45, 7) is 1.60. The molecule has 2 aromatic carbocycles. The van der Waals surface area contributed by atoms with Crippen LogP contribution in [0.15, 0.2) is 66.9 Å². The largest absolute Gasteiger partial charge is 0.419 e. The van der Waals surface area contributed by atoms with Crippen LogP contribution in [0.5, 0.6) is 0 Å². The Balaban J connectivity index is 1.78. The molecular formula is C22H21N4O+. The third kappa shape index (κ3) is 2.67. The second kappa shape index (κ2) is 6.50. The zero-order chi connectivity index (χ0) is 18.2. The minimum absolute atomic E-state index is 0.0364. The van der Waals surface area contributed by atoms with Gasteiger partial charge in [0.05, 0.1) is 22.2 Å². The van der Waals surface area contributed by atoms with Crippen LogP contribution in [0.3, 0.4) is 0 Å².